The fourth-order valence-corrected chi connectivity index (χ4v) is 9.33. The van der Waals surface area contributed by atoms with Gasteiger partial charge >= 0.3 is 6.09 Å². The first-order valence-corrected chi connectivity index (χ1v) is 19.5. The minimum Gasteiger partial charge on any atom is -0.453 e. The molecule has 2 bridgehead atoms. The predicted molar refractivity (Wildman–Crippen MR) is 204 cm³/mol. The van der Waals surface area contributed by atoms with Crippen LogP contribution in [-0.2, 0) is 31.9 Å². The van der Waals surface area contributed by atoms with Crippen molar-refractivity contribution in [3.63, 3.8) is 0 Å². The number of aromatic amines is 2. The van der Waals surface area contributed by atoms with E-state index >= 15 is 0 Å². The summed E-state index contributed by atoms with van der Waals surface area (Å²) < 4.78 is 10.2. The fourth-order valence-electron chi connectivity index (χ4n) is 9.33. The van der Waals surface area contributed by atoms with Gasteiger partial charge in [0.1, 0.15) is 17.7 Å². The zero-order chi connectivity index (χ0) is 37.7. The number of alkyl carbamates (subject to hydrolysis) is 1. The topological polar surface area (TPSA) is 146 Å². The summed E-state index contributed by atoms with van der Waals surface area (Å²) in [5.74, 6) is 1.92. The highest BCUT2D eigenvalue weighted by Crippen LogP contribution is 2.50. The summed E-state index contributed by atoms with van der Waals surface area (Å²) in [7, 11) is 2.96. The molecular weight excluding hydrogens is 683 g/mol. The Bertz CT molecular complexity index is 2050. The van der Waals surface area contributed by atoms with Crippen molar-refractivity contribution >= 4 is 17.9 Å². The van der Waals surface area contributed by atoms with Crippen molar-refractivity contribution in [2.75, 3.05) is 20.8 Å². The predicted octanol–water partition coefficient (Wildman–Crippen LogP) is 6.75. The lowest BCUT2D eigenvalue weighted by molar-refractivity contribution is -0.139. The van der Waals surface area contributed by atoms with E-state index in [1.807, 2.05) is 43.0 Å². The van der Waals surface area contributed by atoms with Crippen molar-refractivity contribution in [1.82, 2.24) is 35.1 Å². The van der Waals surface area contributed by atoms with E-state index in [0.29, 0.717) is 12.3 Å². The van der Waals surface area contributed by atoms with Gasteiger partial charge in [0.2, 0.25) is 11.8 Å². The van der Waals surface area contributed by atoms with Gasteiger partial charge in [0.25, 0.3) is 0 Å². The number of ether oxygens (including phenoxy) is 2. The number of H-pyrrole nitrogens is 2. The number of rotatable bonds is 10. The molecule has 1 unspecified atom stereocenters. The number of carbonyl (C=O) groups is 3. The lowest BCUT2D eigenvalue weighted by Gasteiger charge is -2.37. The van der Waals surface area contributed by atoms with Gasteiger partial charge in [-0.2, -0.15) is 0 Å². The van der Waals surface area contributed by atoms with Crippen LogP contribution in [0.5, 0.6) is 0 Å². The van der Waals surface area contributed by atoms with Crippen LogP contribution in [0.4, 0.5) is 4.79 Å². The van der Waals surface area contributed by atoms with Gasteiger partial charge in [0.05, 0.1) is 55.5 Å². The lowest BCUT2D eigenvalue weighted by atomic mass is 9.83. The van der Waals surface area contributed by atoms with Crippen LogP contribution in [0.15, 0.2) is 48.8 Å². The molecule has 0 spiro atoms. The van der Waals surface area contributed by atoms with E-state index in [9.17, 15) is 14.4 Å². The van der Waals surface area contributed by atoms with Gasteiger partial charge in [-0.3, -0.25) is 9.59 Å². The van der Waals surface area contributed by atoms with E-state index in [2.05, 4.69) is 51.7 Å². The van der Waals surface area contributed by atoms with Crippen molar-refractivity contribution in [2.45, 2.75) is 102 Å². The number of nitrogens with zero attached hydrogens (tertiary/aromatic N) is 4. The zero-order valence-corrected chi connectivity index (χ0v) is 31.9. The van der Waals surface area contributed by atoms with Gasteiger partial charge in [0, 0.05) is 19.7 Å². The monoisotopic (exact) mass is 733 g/mol. The normalized spacial score (nSPS) is 22.6. The molecule has 3 fully saturated rings. The minimum absolute atomic E-state index is 0.0396. The largest absolute Gasteiger partial charge is 0.453 e. The van der Waals surface area contributed by atoms with Crippen LogP contribution in [0, 0.1) is 11.8 Å². The second-order valence-corrected chi connectivity index (χ2v) is 15.9. The molecule has 2 aliphatic heterocycles. The van der Waals surface area contributed by atoms with Gasteiger partial charge in [0.15, 0.2) is 0 Å². The molecule has 6 atom stereocenters. The Morgan fingerprint density at radius 2 is 1.54 bits per heavy atom. The molecule has 12 nitrogen and oxygen atoms in total. The zero-order valence-electron chi connectivity index (χ0n) is 31.9. The minimum atomic E-state index is -0.666. The summed E-state index contributed by atoms with van der Waals surface area (Å²) in [5.41, 5.74) is 9.15. The maximum Gasteiger partial charge on any atom is 0.407 e. The van der Waals surface area contributed by atoms with E-state index in [4.69, 9.17) is 19.4 Å². The average molecular weight is 734 g/mol. The van der Waals surface area contributed by atoms with Crippen LogP contribution in [-0.4, -0.2) is 86.6 Å². The molecule has 4 heterocycles. The Labute approximate surface area is 316 Å². The highest BCUT2D eigenvalue weighted by molar-refractivity contribution is 5.87. The number of hydrogen-bond donors (Lipinski definition) is 3. The number of imidazole rings is 2. The molecule has 1 saturated carbocycles. The Kier molecular flexibility index (Phi) is 9.80. The maximum absolute atomic E-state index is 14.0. The average Bonchev–Trinajstić information content (AvgIpc) is 4.04. The molecule has 2 aromatic carbocycles. The first kappa shape index (κ1) is 36.0. The fraction of sp³-hybridized carbons (Fsp3) is 0.500. The number of methoxy groups -OCH3 is 2. The number of aryl methyl sites for hydroxylation is 2. The smallest absolute Gasteiger partial charge is 0.407 e. The van der Waals surface area contributed by atoms with Crippen molar-refractivity contribution < 1.29 is 23.9 Å². The molecule has 3 N–H and O–H groups in total. The number of piperidine rings is 1. The number of benzene rings is 2. The number of nitrogens with one attached hydrogen (secondary N) is 3. The standard InChI is InChI=1S/C42H51N7O5/c1-23(2)37(47-42(52)54-5)41(51)49-30-13-10-29(20-30)38(49)40-44-22-34(46-40)28-12-15-32-26(19-28)9-8-25-18-27(11-14-31(25)32)33-21-43-39(45-33)35-7-6-16-48(35)36(50)17-24(3)53-4/h11-12,14-15,18-19,21-24,29-30,35,37-38H,6-10,13,16-17,20H2,1-5H3,(H,43,45)(H,44,46)(H,47,52)/t24-,29+,30?,35+,37+,38+/m1/s1. The molecule has 3 amide bonds. The van der Waals surface area contributed by atoms with E-state index < -0.39 is 12.1 Å². The first-order chi connectivity index (χ1) is 26.1. The van der Waals surface area contributed by atoms with Gasteiger partial charge < -0.3 is 34.6 Å². The highest BCUT2D eigenvalue weighted by Gasteiger charge is 2.51. The van der Waals surface area contributed by atoms with Crippen LogP contribution in [0.1, 0.15) is 94.2 Å². The van der Waals surface area contributed by atoms with Gasteiger partial charge in [-0.1, -0.05) is 38.1 Å². The molecule has 4 aromatic rings. The Morgan fingerprint density at radius 1 is 0.889 bits per heavy atom. The molecular formula is C42H51N7O5. The summed E-state index contributed by atoms with van der Waals surface area (Å²) in [4.78, 5) is 59.8. The van der Waals surface area contributed by atoms with Crippen molar-refractivity contribution in [2.24, 2.45) is 11.8 Å². The number of likely N-dealkylation sites (tertiary alicyclic amines) is 2. The number of fused-ring (bicyclic) bond motifs is 5. The lowest BCUT2D eigenvalue weighted by Crippen LogP contribution is -2.54. The van der Waals surface area contributed by atoms with Crippen molar-refractivity contribution in [1.29, 1.82) is 0 Å². The van der Waals surface area contributed by atoms with Gasteiger partial charge in [-0.15, -0.1) is 0 Å². The molecule has 2 saturated heterocycles. The van der Waals surface area contributed by atoms with E-state index in [0.717, 1.165) is 85.7 Å². The first-order valence-electron chi connectivity index (χ1n) is 19.5. The summed E-state index contributed by atoms with van der Waals surface area (Å²) in [6, 6.07) is 12.6. The third-order valence-corrected chi connectivity index (χ3v) is 12.2. The van der Waals surface area contributed by atoms with Gasteiger partial charge in [-0.25, -0.2) is 14.8 Å². The second-order valence-electron chi connectivity index (χ2n) is 15.9. The molecule has 2 aliphatic carbocycles. The summed E-state index contributed by atoms with van der Waals surface area (Å²) in [6.07, 6.45) is 10.1. The third kappa shape index (κ3) is 6.58. The van der Waals surface area contributed by atoms with Crippen molar-refractivity contribution in [3.8, 4) is 33.6 Å². The Morgan fingerprint density at radius 3 is 2.17 bits per heavy atom. The van der Waals surface area contributed by atoms with Crippen LogP contribution >= 0.6 is 0 Å². The van der Waals surface area contributed by atoms with E-state index in [1.54, 1.807) is 7.11 Å². The number of hydrogen-bond acceptors (Lipinski definition) is 7. The van der Waals surface area contributed by atoms with Crippen LogP contribution in [0.25, 0.3) is 33.6 Å². The van der Waals surface area contributed by atoms with Gasteiger partial charge in [-0.05, 0) is 109 Å². The van der Waals surface area contributed by atoms with Crippen LogP contribution in [0.2, 0.25) is 0 Å². The second kappa shape index (κ2) is 14.7. The molecule has 284 valence electrons. The molecule has 12 heteroatoms. The molecule has 0 radical (unpaired) electrons. The highest BCUT2D eigenvalue weighted by atomic mass is 16.5. The maximum atomic E-state index is 14.0. The number of carbonyl (C=O) groups excluding carboxylic acids is 3. The molecule has 54 heavy (non-hydrogen) atoms. The quantitative estimate of drug-likeness (QED) is 0.163. The molecule has 4 aliphatic rings. The summed E-state index contributed by atoms with van der Waals surface area (Å²) >= 11 is 0. The Hall–Kier alpha value is -4.97. The summed E-state index contributed by atoms with van der Waals surface area (Å²) in [5, 5.41) is 2.77. The molecule has 8 rings (SSSR count). The van der Waals surface area contributed by atoms with E-state index in [-0.39, 0.29) is 42.0 Å². The molecule has 2 aromatic heterocycles. The van der Waals surface area contributed by atoms with E-state index in [1.165, 1.54) is 29.4 Å². The number of amides is 3. The van der Waals surface area contributed by atoms with Crippen LogP contribution < -0.4 is 5.32 Å². The third-order valence-electron chi connectivity index (χ3n) is 12.2. The summed E-state index contributed by atoms with van der Waals surface area (Å²) in [6.45, 7) is 6.55. The SMILES string of the molecule is COC(=O)N[C@H](C(=O)N1C2CC[C@@H](C2)[C@H]1c1ncc(-c2ccc3c(c2)CCc2cc(-c4cnc([C@@H]5CCCN5C(=O)C[C@@H](C)OC)[nH]4)ccc2-3)[nH]1)C(C)C. The van der Waals surface area contributed by atoms with Crippen molar-refractivity contribution in [3.05, 3.63) is 71.6 Å². The van der Waals surface area contributed by atoms with Crippen LogP contribution in [0.3, 0.4) is 0 Å². The number of aromatic nitrogens is 4. The Balaban J connectivity index is 0.990.